The highest BCUT2D eigenvalue weighted by Gasteiger charge is 2.21. The van der Waals surface area contributed by atoms with Gasteiger partial charge in [-0.3, -0.25) is 0 Å². The van der Waals surface area contributed by atoms with Crippen molar-refractivity contribution < 1.29 is 8.42 Å². The van der Waals surface area contributed by atoms with E-state index in [0.29, 0.717) is 0 Å². The highest BCUT2D eigenvalue weighted by atomic mass is 79.9. The first-order valence-electron chi connectivity index (χ1n) is 4.66. The molecule has 0 spiro atoms. The Morgan fingerprint density at radius 2 is 2.18 bits per heavy atom. The summed E-state index contributed by atoms with van der Waals surface area (Å²) in [7, 11) is -3.49. The normalized spacial score (nSPS) is 11.6. The van der Waals surface area contributed by atoms with Crippen LogP contribution >= 0.6 is 27.3 Å². The number of sulfone groups is 1. The second kappa shape index (κ2) is 4.75. The smallest absolute Gasteiger partial charge is 0.202 e. The Balaban J connectivity index is 2.39. The Morgan fingerprint density at radius 1 is 1.41 bits per heavy atom. The summed E-state index contributed by atoms with van der Waals surface area (Å²) >= 11 is 4.69. The fourth-order valence-electron chi connectivity index (χ4n) is 1.33. The minimum atomic E-state index is -3.49. The van der Waals surface area contributed by atoms with E-state index in [2.05, 4.69) is 20.9 Å². The molecule has 2 rings (SSSR count). The van der Waals surface area contributed by atoms with Gasteiger partial charge < -0.3 is 5.73 Å². The number of hydrogen-bond donors (Lipinski definition) is 1. The average Bonchev–Trinajstić information content (AvgIpc) is 2.64. The van der Waals surface area contributed by atoms with Crippen molar-refractivity contribution in [1.82, 2.24) is 4.98 Å². The number of nitrogens with zero attached hydrogens (tertiary/aromatic N) is 1. The third-order valence-electron chi connectivity index (χ3n) is 2.11. The minimum absolute atomic E-state index is 0.0553. The van der Waals surface area contributed by atoms with Crippen LogP contribution < -0.4 is 5.73 Å². The molecule has 0 aliphatic heterocycles. The predicted molar refractivity (Wildman–Crippen MR) is 71.6 cm³/mol. The van der Waals surface area contributed by atoms with Gasteiger partial charge in [-0.25, -0.2) is 13.4 Å². The molecule has 0 bridgehead atoms. The second-order valence-corrected chi connectivity index (χ2v) is 7.11. The third kappa shape index (κ3) is 2.67. The van der Waals surface area contributed by atoms with E-state index in [9.17, 15) is 8.42 Å². The van der Waals surface area contributed by atoms with Gasteiger partial charge in [0.05, 0.1) is 11.4 Å². The summed E-state index contributed by atoms with van der Waals surface area (Å²) < 4.78 is 25.0. The monoisotopic (exact) mass is 332 g/mol. The lowest BCUT2D eigenvalue weighted by Crippen LogP contribution is -2.09. The highest BCUT2D eigenvalue weighted by Crippen LogP contribution is 2.28. The van der Waals surface area contributed by atoms with Crippen molar-refractivity contribution >= 4 is 42.8 Å². The Labute approximate surface area is 112 Å². The fraction of sp³-hybridized carbons (Fsp3) is 0.100. The first kappa shape index (κ1) is 12.5. The molecule has 2 heterocycles. The molecule has 7 heteroatoms. The number of nitrogen functional groups attached to an aromatic ring is 1. The molecule has 0 fully saturated rings. The molecule has 4 nitrogen and oxygen atoms in total. The van der Waals surface area contributed by atoms with Crippen molar-refractivity contribution in [2.75, 3.05) is 5.73 Å². The number of hydrogen-bond acceptors (Lipinski definition) is 5. The van der Waals surface area contributed by atoms with Crippen molar-refractivity contribution in [3.63, 3.8) is 0 Å². The van der Waals surface area contributed by atoms with Gasteiger partial charge in [-0.05, 0) is 39.5 Å². The lowest BCUT2D eigenvalue weighted by molar-refractivity contribution is 0.592. The van der Waals surface area contributed by atoms with Gasteiger partial charge in [-0.2, -0.15) is 0 Å². The summed E-state index contributed by atoms with van der Waals surface area (Å²) in [5.74, 6) is -0.0908. The van der Waals surface area contributed by atoms with Crippen LogP contribution in [0.2, 0.25) is 0 Å². The molecular formula is C10H9BrN2O2S2. The molecule has 2 aromatic rings. The highest BCUT2D eigenvalue weighted by molar-refractivity contribution is 9.10. The van der Waals surface area contributed by atoms with Crippen LogP contribution in [-0.4, -0.2) is 13.4 Å². The maximum atomic E-state index is 12.1. The van der Waals surface area contributed by atoms with E-state index in [1.165, 1.54) is 23.6 Å². The van der Waals surface area contributed by atoms with E-state index in [4.69, 9.17) is 5.73 Å². The lowest BCUT2D eigenvalue weighted by Gasteiger charge is -2.05. The lowest BCUT2D eigenvalue weighted by atomic mass is 10.4. The summed E-state index contributed by atoms with van der Waals surface area (Å²) in [6, 6.07) is 4.95. The summed E-state index contributed by atoms with van der Waals surface area (Å²) in [6.07, 6.45) is 1.42. The maximum Gasteiger partial charge on any atom is 0.202 e. The molecule has 2 aromatic heterocycles. The van der Waals surface area contributed by atoms with Crippen molar-refractivity contribution in [2.45, 2.75) is 10.8 Å². The zero-order valence-corrected chi connectivity index (χ0v) is 11.8. The summed E-state index contributed by atoms with van der Waals surface area (Å²) in [4.78, 5) is 4.58. The predicted octanol–water partition coefficient (Wildman–Crippen LogP) is 2.46. The zero-order valence-electron chi connectivity index (χ0n) is 8.63. The molecule has 17 heavy (non-hydrogen) atoms. The standard InChI is InChI=1S/C10H9BrN2O2S2/c11-7-3-5-16-9(7)6-17(14,15)10-8(12)2-1-4-13-10/h1-5H,6,12H2. The molecule has 0 amide bonds. The number of aromatic nitrogens is 1. The first-order chi connectivity index (χ1) is 8.00. The number of pyridine rings is 1. The Hall–Kier alpha value is -0.920. The van der Waals surface area contributed by atoms with Crippen LogP contribution in [-0.2, 0) is 15.6 Å². The number of rotatable bonds is 3. The van der Waals surface area contributed by atoms with Crippen molar-refractivity contribution in [2.24, 2.45) is 0 Å². The molecule has 0 saturated heterocycles. The van der Waals surface area contributed by atoms with E-state index >= 15 is 0 Å². The van der Waals surface area contributed by atoms with Crippen LogP contribution in [0.4, 0.5) is 5.69 Å². The molecule has 0 aliphatic rings. The van der Waals surface area contributed by atoms with Crippen LogP contribution in [0.1, 0.15) is 4.88 Å². The van der Waals surface area contributed by atoms with Gasteiger partial charge in [0.15, 0.2) is 5.03 Å². The van der Waals surface area contributed by atoms with E-state index < -0.39 is 9.84 Å². The van der Waals surface area contributed by atoms with Crippen LogP contribution in [0.15, 0.2) is 39.3 Å². The molecular weight excluding hydrogens is 324 g/mol. The van der Waals surface area contributed by atoms with E-state index in [0.717, 1.165) is 9.35 Å². The van der Waals surface area contributed by atoms with Gasteiger partial charge in [0.25, 0.3) is 0 Å². The zero-order chi connectivity index (χ0) is 12.5. The summed E-state index contributed by atoms with van der Waals surface area (Å²) in [5.41, 5.74) is 5.80. The molecule has 2 N–H and O–H groups in total. The van der Waals surface area contributed by atoms with E-state index in [-0.39, 0.29) is 16.5 Å². The Kier molecular flexibility index (Phi) is 3.50. The number of nitrogens with two attached hydrogens (primary N) is 1. The molecule has 0 aromatic carbocycles. The maximum absolute atomic E-state index is 12.1. The number of thiophene rings is 1. The van der Waals surface area contributed by atoms with Gasteiger partial charge in [-0.15, -0.1) is 11.3 Å². The van der Waals surface area contributed by atoms with E-state index in [1.807, 2.05) is 11.4 Å². The first-order valence-corrected chi connectivity index (χ1v) is 7.98. The van der Waals surface area contributed by atoms with Gasteiger partial charge in [0.1, 0.15) is 0 Å². The number of halogens is 1. The average molecular weight is 333 g/mol. The van der Waals surface area contributed by atoms with Crippen LogP contribution in [0, 0.1) is 0 Å². The molecule has 0 saturated carbocycles. The van der Waals surface area contributed by atoms with Crippen molar-refractivity contribution in [3.8, 4) is 0 Å². The molecule has 0 aliphatic carbocycles. The molecule has 0 radical (unpaired) electrons. The third-order valence-corrected chi connectivity index (χ3v) is 5.82. The van der Waals surface area contributed by atoms with Crippen molar-refractivity contribution in [1.29, 1.82) is 0 Å². The van der Waals surface area contributed by atoms with E-state index in [1.54, 1.807) is 6.07 Å². The summed E-state index contributed by atoms with van der Waals surface area (Å²) in [5, 5.41) is 1.77. The largest absolute Gasteiger partial charge is 0.396 e. The Bertz CT molecular complexity index is 637. The van der Waals surface area contributed by atoms with Gasteiger partial charge in [-0.1, -0.05) is 0 Å². The number of anilines is 1. The molecule has 90 valence electrons. The Morgan fingerprint density at radius 3 is 2.76 bits per heavy atom. The molecule has 0 unspecified atom stereocenters. The molecule has 0 atom stereocenters. The topological polar surface area (TPSA) is 73.0 Å². The summed E-state index contributed by atoms with van der Waals surface area (Å²) in [6.45, 7) is 0. The minimum Gasteiger partial charge on any atom is -0.396 e. The fourth-order valence-corrected chi connectivity index (χ4v) is 4.82. The SMILES string of the molecule is Nc1cccnc1S(=O)(=O)Cc1sccc1Br. The quantitative estimate of drug-likeness (QED) is 0.936. The van der Waals surface area contributed by atoms with Crippen molar-refractivity contribution in [3.05, 3.63) is 39.1 Å². The van der Waals surface area contributed by atoms with Crippen LogP contribution in [0.25, 0.3) is 0 Å². The van der Waals surface area contributed by atoms with Crippen LogP contribution in [0.3, 0.4) is 0 Å². The van der Waals surface area contributed by atoms with Gasteiger partial charge >= 0.3 is 0 Å². The van der Waals surface area contributed by atoms with Gasteiger partial charge in [0.2, 0.25) is 9.84 Å². The second-order valence-electron chi connectivity index (χ2n) is 3.35. The van der Waals surface area contributed by atoms with Crippen LogP contribution in [0.5, 0.6) is 0 Å². The van der Waals surface area contributed by atoms with Gasteiger partial charge in [0, 0.05) is 15.5 Å².